The molecule has 0 radical (unpaired) electrons. The molecule has 4 aromatic carbocycles. The monoisotopic (exact) mass is 651 g/mol. The van der Waals surface area contributed by atoms with Gasteiger partial charge in [0.2, 0.25) is 0 Å². The molecule has 0 fully saturated rings. The number of benzene rings is 4. The maximum Gasteiger partial charge on any atom is 0.264 e. The Balaban J connectivity index is 1.48. The van der Waals surface area contributed by atoms with Gasteiger partial charge in [-0.2, -0.15) is 5.10 Å². The number of hydrogen-bond acceptors (Lipinski definition) is 7. The largest absolute Gasteiger partial charge is 0.496 e. The Hall–Kier alpha value is -4.35. The van der Waals surface area contributed by atoms with Crippen LogP contribution in [0.2, 0.25) is 0 Å². The zero-order valence-electron chi connectivity index (χ0n) is 23.3. The summed E-state index contributed by atoms with van der Waals surface area (Å²) in [6.45, 7) is 1.78. The Kier molecular flexibility index (Phi) is 10.2. The first kappa shape index (κ1) is 30.6. The molecular weight excluding hydrogens is 622 g/mol. The van der Waals surface area contributed by atoms with Crippen molar-refractivity contribution in [2.75, 3.05) is 25.1 Å². The van der Waals surface area contributed by atoms with E-state index in [1.807, 2.05) is 37.3 Å². The maximum atomic E-state index is 13.7. The number of sulfonamides is 1. The highest BCUT2D eigenvalue weighted by Crippen LogP contribution is 2.31. The summed E-state index contributed by atoms with van der Waals surface area (Å²) in [5.74, 6) is 0.920. The number of anilines is 1. The van der Waals surface area contributed by atoms with Crippen molar-refractivity contribution in [1.82, 2.24) is 5.43 Å². The zero-order valence-corrected chi connectivity index (χ0v) is 25.7. The summed E-state index contributed by atoms with van der Waals surface area (Å²) in [4.78, 5) is 12.9. The topological polar surface area (TPSA) is 107 Å². The number of rotatable bonds is 12. The van der Waals surface area contributed by atoms with Gasteiger partial charge in [-0.1, -0.05) is 48.0 Å². The molecule has 0 saturated heterocycles. The van der Waals surface area contributed by atoms with Crippen LogP contribution in [0.15, 0.2) is 105 Å². The van der Waals surface area contributed by atoms with Crippen molar-refractivity contribution in [3.05, 3.63) is 112 Å². The minimum absolute atomic E-state index is 0.00582. The molecule has 42 heavy (non-hydrogen) atoms. The summed E-state index contributed by atoms with van der Waals surface area (Å²) >= 11 is 3.33. The van der Waals surface area contributed by atoms with Gasteiger partial charge in [-0.05, 0) is 82.5 Å². The fourth-order valence-electron chi connectivity index (χ4n) is 3.92. The van der Waals surface area contributed by atoms with Crippen molar-refractivity contribution in [3.8, 4) is 17.2 Å². The number of ether oxygens (including phenoxy) is 3. The van der Waals surface area contributed by atoms with E-state index in [9.17, 15) is 13.2 Å². The highest BCUT2D eigenvalue weighted by molar-refractivity contribution is 9.10. The van der Waals surface area contributed by atoms with Gasteiger partial charge in [0.25, 0.3) is 15.9 Å². The maximum absolute atomic E-state index is 13.7. The van der Waals surface area contributed by atoms with E-state index in [1.165, 1.54) is 32.6 Å². The lowest BCUT2D eigenvalue weighted by Gasteiger charge is -2.24. The molecule has 0 aliphatic carbocycles. The molecular formula is C31H30BrN3O6S. The average molecular weight is 653 g/mol. The zero-order chi connectivity index (χ0) is 30.1. The molecule has 1 N–H and O–H groups in total. The van der Waals surface area contributed by atoms with Crippen LogP contribution in [-0.2, 0) is 21.4 Å². The van der Waals surface area contributed by atoms with Crippen LogP contribution in [0.25, 0.3) is 0 Å². The van der Waals surface area contributed by atoms with Gasteiger partial charge in [-0.25, -0.2) is 13.8 Å². The van der Waals surface area contributed by atoms with Crippen molar-refractivity contribution < 1.29 is 27.4 Å². The normalized spacial score (nSPS) is 11.2. The van der Waals surface area contributed by atoms with E-state index in [-0.39, 0.29) is 4.90 Å². The van der Waals surface area contributed by atoms with Crippen molar-refractivity contribution in [1.29, 1.82) is 0 Å². The van der Waals surface area contributed by atoms with Crippen molar-refractivity contribution in [3.63, 3.8) is 0 Å². The first-order valence-electron chi connectivity index (χ1n) is 12.8. The first-order chi connectivity index (χ1) is 20.2. The Bertz CT molecular complexity index is 1660. The minimum Gasteiger partial charge on any atom is -0.496 e. The Morgan fingerprint density at radius 3 is 2.26 bits per heavy atom. The lowest BCUT2D eigenvalue weighted by atomic mass is 10.2. The van der Waals surface area contributed by atoms with Crippen LogP contribution >= 0.6 is 15.9 Å². The Morgan fingerprint density at radius 1 is 0.905 bits per heavy atom. The lowest BCUT2D eigenvalue weighted by molar-refractivity contribution is -0.119. The van der Waals surface area contributed by atoms with Crippen LogP contribution in [0.5, 0.6) is 17.2 Å². The third kappa shape index (κ3) is 7.68. The molecule has 0 aliphatic heterocycles. The first-order valence-corrected chi connectivity index (χ1v) is 15.0. The molecule has 4 rings (SSSR count). The quantitative estimate of drug-likeness (QED) is 0.156. The molecule has 1 amide bonds. The van der Waals surface area contributed by atoms with E-state index in [1.54, 1.807) is 48.5 Å². The number of halogens is 1. The lowest BCUT2D eigenvalue weighted by Crippen LogP contribution is -2.39. The summed E-state index contributed by atoms with van der Waals surface area (Å²) < 4.78 is 45.4. The van der Waals surface area contributed by atoms with Crippen molar-refractivity contribution >= 4 is 43.8 Å². The second kappa shape index (κ2) is 14.0. The molecule has 0 spiro atoms. The number of nitrogens with one attached hydrogen (secondary N) is 1. The molecule has 9 nitrogen and oxygen atoms in total. The molecule has 4 aromatic rings. The number of hydrogen-bond donors (Lipinski definition) is 1. The third-order valence-corrected chi connectivity index (χ3v) is 8.54. The van der Waals surface area contributed by atoms with Gasteiger partial charge in [0.15, 0.2) is 11.5 Å². The smallest absolute Gasteiger partial charge is 0.264 e. The van der Waals surface area contributed by atoms with E-state index in [2.05, 4.69) is 26.5 Å². The molecule has 0 bridgehead atoms. The van der Waals surface area contributed by atoms with Gasteiger partial charge in [0.05, 0.1) is 35.5 Å². The summed E-state index contributed by atoms with van der Waals surface area (Å²) in [6.07, 6.45) is 1.44. The van der Waals surface area contributed by atoms with Crippen molar-refractivity contribution in [2.45, 2.75) is 18.4 Å². The Morgan fingerprint density at radius 2 is 1.60 bits per heavy atom. The van der Waals surface area contributed by atoms with Gasteiger partial charge < -0.3 is 14.2 Å². The summed E-state index contributed by atoms with van der Waals surface area (Å²) in [5, 5.41) is 4.03. The van der Waals surface area contributed by atoms with Crippen LogP contribution in [0, 0.1) is 6.92 Å². The van der Waals surface area contributed by atoms with Crippen LogP contribution < -0.4 is 23.9 Å². The molecule has 0 atom stereocenters. The molecule has 0 heterocycles. The van der Waals surface area contributed by atoms with E-state index in [0.29, 0.717) is 39.6 Å². The fourth-order valence-corrected chi connectivity index (χ4v) is 6.06. The number of carbonyl (C=O) groups is 1. The van der Waals surface area contributed by atoms with E-state index in [4.69, 9.17) is 14.2 Å². The number of amides is 1. The summed E-state index contributed by atoms with van der Waals surface area (Å²) in [7, 11) is -1.10. The van der Waals surface area contributed by atoms with Crippen LogP contribution in [0.4, 0.5) is 5.69 Å². The molecule has 0 aromatic heterocycles. The van der Waals surface area contributed by atoms with E-state index >= 15 is 0 Å². The second-order valence-electron chi connectivity index (χ2n) is 9.12. The van der Waals surface area contributed by atoms with Gasteiger partial charge in [0.1, 0.15) is 18.9 Å². The predicted molar refractivity (Wildman–Crippen MR) is 166 cm³/mol. The molecule has 0 unspecified atom stereocenters. The Labute approximate surface area is 253 Å². The number of nitrogens with zero attached hydrogens (tertiary/aromatic N) is 2. The molecule has 0 saturated carbocycles. The van der Waals surface area contributed by atoms with Gasteiger partial charge >= 0.3 is 0 Å². The van der Waals surface area contributed by atoms with Crippen LogP contribution in [0.3, 0.4) is 0 Å². The highest BCUT2D eigenvalue weighted by Gasteiger charge is 2.28. The van der Waals surface area contributed by atoms with Crippen LogP contribution in [0.1, 0.15) is 16.7 Å². The predicted octanol–water partition coefficient (Wildman–Crippen LogP) is 5.70. The summed E-state index contributed by atoms with van der Waals surface area (Å²) in [5.41, 5.74) is 5.37. The number of carbonyl (C=O) groups excluding carboxylic acids is 1. The van der Waals surface area contributed by atoms with Gasteiger partial charge in [0, 0.05) is 0 Å². The molecule has 11 heteroatoms. The van der Waals surface area contributed by atoms with E-state index in [0.717, 1.165) is 15.4 Å². The number of methoxy groups -OCH3 is 2. The van der Waals surface area contributed by atoms with E-state index < -0.39 is 22.5 Å². The number of aryl methyl sites for hydroxylation is 1. The number of hydrazone groups is 1. The summed E-state index contributed by atoms with van der Waals surface area (Å²) in [6, 6.07) is 26.3. The second-order valence-corrected chi connectivity index (χ2v) is 11.8. The highest BCUT2D eigenvalue weighted by atomic mass is 79.9. The molecule has 0 aliphatic rings. The molecule has 218 valence electrons. The van der Waals surface area contributed by atoms with Gasteiger partial charge in [-0.15, -0.1) is 0 Å². The van der Waals surface area contributed by atoms with Crippen LogP contribution in [-0.4, -0.2) is 41.3 Å². The SMILES string of the molecule is COc1ccc(S(=O)(=O)N(CC(=O)N/N=C\c2ccc(OCc3ccccc3)c(OC)c2)c2ccc(C)cc2)cc1Br. The van der Waals surface area contributed by atoms with Crippen molar-refractivity contribution in [2.24, 2.45) is 5.10 Å². The fraction of sp³-hybridized carbons (Fsp3) is 0.161. The third-order valence-electron chi connectivity index (χ3n) is 6.15. The standard InChI is InChI=1S/C31H30BrN3O6S/c1-22-9-12-25(13-10-22)35(42(37,38)26-14-16-28(39-2)27(32)18-26)20-31(36)34-33-19-24-11-15-29(30(17-24)40-3)41-21-23-7-5-4-6-8-23/h4-19H,20-21H2,1-3H3,(H,34,36)/b33-19-. The van der Waals surface area contributed by atoms with Gasteiger partial charge in [-0.3, -0.25) is 9.10 Å². The minimum atomic E-state index is -4.12. The average Bonchev–Trinajstić information content (AvgIpc) is 3.00.